The van der Waals surface area contributed by atoms with Crippen LogP contribution in [0.1, 0.15) is 32.7 Å². The van der Waals surface area contributed by atoms with E-state index >= 15 is 0 Å². The third-order valence-electron chi connectivity index (χ3n) is 6.74. The second kappa shape index (κ2) is 8.39. The Labute approximate surface area is 198 Å². The molecular weight excluding hydrogens is 438 g/mol. The summed E-state index contributed by atoms with van der Waals surface area (Å²) in [5, 5.41) is 16.3. The van der Waals surface area contributed by atoms with E-state index in [0.29, 0.717) is 11.4 Å². The fourth-order valence-corrected chi connectivity index (χ4v) is 4.92. The standard InChI is InChI=1S/C23H27N9.ClH/c1-15(2)32-21-18(29-30-32)5-3-16-11-26-22(28-20(16)21)27-19-6-4-17(12-25-19)31-13-23(14-31)7-9-24-10-8-23;/h3-6,11-12,15,24H,7-10,13-14H2,1-2H3,(H,25,26,27,28);1H. The molecule has 5 heterocycles. The SMILES string of the molecule is CC(C)n1nnc2ccc3cnc(Nc4ccc(N5CC6(CCNCC6)C5)cn4)nc3c21.Cl. The quantitative estimate of drug-likeness (QED) is 0.471. The van der Waals surface area contributed by atoms with Crippen LogP contribution >= 0.6 is 12.4 Å². The first-order chi connectivity index (χ1) is 15.6. The van der Waals surface area contributed by atoms with E-state index in [1.165, 1.54) is 18.5 Å². The maximum Gasteiger partial charge on any atom is 0.228 e. The summed E-state index contributed by atoms with van der Waals surface area (Å²) in [6.07, 6.45) is 6.31. The van der Waals surface area contributed by atoms with Gasteiger partial charge in [0.1, 0.15) is 22.4 Å². The van der Waals surface area contributed by atoms with Crippen LogP contribution < -0.4 is 15.5 Å². The van der Waals surface area contributed by atoms with Gasteiger partial charge in [-0.15, -0.1) is 17.5 Å². The molecule has 4 aromatic rings. The molecule has 0 aliphatic carbocycles. The van der Waals surface area contributed by atoms with Crippen molar-refractivity contribution in [2.24, 2.45) is 5.41 Å². The lowest BCUT2D eigenvalue weighted by atomic mass is 9.72. The molecule has 0 unspecified atom stereocenters. The van der Waals surface area contributed by atoms with Crippen molar-refractivity contribution in [1.29, 1.82) is 0 Å². The number of halogens is 1. The van der Waals surface area contributed by atoms with Crippen LogP contribution in [0.5, 0.6) is 0 Å². The topological polar surface area (TPSA) is 96.7 Å². The number of rotatable bonds is 4. The van der Waals surface area contributed by atoms with E-state index < -0.39 is 0 Å². The molecule has 0 atom stereocenters. The van der Waals surface area contributed by atoms with Crippen LogP contribution in [0, 0.1) is 5.41 Å². The Morgan fingerprint density at radius 2 is 1.85 bits per heavy atom. The highest BCUT2D eigenvalue weighted by atomic mass is 35.5. The second-order valence-electron chi connectivity index (χ2n) is 9.33. The van der Waals surface area contributed by atoms with E-state index in [4.69, 9.17) is 4.98 Å². The Morgan fingerprint density at radius 1 is 1.03 bits per heavy atom. The number of pyridine rings is 1. The molecule has 6 rings (SSSR count). The lowest BCUT2D eigenvalue weighted by Crippen LogP contribution is -2.60. The van der Waals surface area contributed by atoms with Crippen LogP contribution in [0.25, 0.3) is 21.9 Å². The predicted molar refractivity (Wildman–Crippen MR) is 133 cm³/mol. The minimum Gasteiger partial charge on any atom is -0.369 e. The van der Waals surface area contributed by atoms with E-state index in [1.807, 2.05) is 35.3 Å². The van der Waals surface area contributed by atoms with Crippen LogP contribution in [-0.2, 0) is 0 Å². The van der Waals surface area contributed by atoms with E-state index in [9.17, 15) is 0 Å². The number of fused-ring (bicyclic) bond motifs is 3. The van der Waals surface area contributed by atoms with Gasteiger partial charge in [-0.05, 0) is 64.0 Å². The molecular formula is C23H28ClN9. The molecule has 0 amide bonds. The van der Waals surface area contributed by atoms with Gasteiger partial charge < -0.3 is 15.5 Å². The van der Waals surface area contributed by atoms with Crippen molar-refractivity contribution in [3.05, 3.63) is 36.7 Å². The zero-order chi connectivity index (χ0) is 21.7. The Balaban J connectivity index is 0.00000228. The Bertz CT molecular complexity index is 1270. The third-order valence-corrected chi connectivity index (χ3v) is 6.74. The first-order valence-corrected chi connectivity index (χ1v) is 11.3. The van der Waals surface area contributed by atoms with Crippen LogP contribution in [-0.4, -0.2) is 56.1 Å². The summed E-state index contributed by atoms with van der Waals surface area (Å²) in [4.78, 5) is 16.3. The van der Waals surface area contributed by atoms with Crippen molar-refractivity contribution in [1.82, 2.24) is 35.3 Å². The van der Waals surface area contributed by atoms with E-state index in [-0.39, 0.29) is 18.4 Å². The molecule has 1 aromatic carbocycles. The molecule has 2 aliphatic rings. The molecule has 0 bridgehead atoms. The number of benzene rings is 1. The highest BCUT2D eigenvalue weighted by Gasteiger charge is 2.43. The van der Waals surface area contributed by atoms with Crippen LogP contribution in [0.2, 0.25) is 0 Å². The fourth-order valence-electron chi connectivity index (χ4n) is 4.92. The minimum atomic E-state index is 0. The monoisotopic (exact) mass is 465 g/mol. The molecule has 0 saturated carbocycles. The fraction of sp³-hybridized carbons (Fsp3) is 0.435. The molecule has 2 fully saturated rings. The minimum absolute atomic E-state index is 0. The van der Waals surface area contributed by atoms with Gasteiger partial charge in [-0.3, -0.25) is 0 Å². The van der Waals surface area contributed by atoms with Gasteiger partial charge in [-0.1, -0.05) is 5.21 Å². The lowest BCUT2D eigenvalue weighted by molar-refractivity contribution is 0.150. The maximum atomic E-state index is 4.78. The van der Waals surface area contributed by atoms with Gasteiger partial charge in [-0.25, -0.2) is 19.6 Å². The lowest BCUT2D eigenvalue weighted by Gasteiger charge is -2.53. The molecule has 9 nitrogen and oxygen atoms in total. The van der Waals surface area contributed by atoms with Gasteiger partial charge in [-0.2, -0.15) is 0 Å². The first-order valence-electron chi connectivity index (χ1n) is 11.3. The summed E-state index contributed by atoms with van der Waals surface area (Å²) >= 11 is 0. The number of nitrogens with zero attached hydrogens (tertiary/aromatic N) is 7. The van der Waals surface area contributed by atoms with Crippen molar-refractivity contribution < 1.29 is 0 Å². The second-order valence-corrected chi connectivity index (χ2v) is 9.33. The van der Waals surface area contributed by atoms with Crippen LogP contribution in [0.4, 0.5) is 17.5 Å². The van der Waals surface area contributed by atoms with Crippen LogP contribution in [0.3, 0.4) is 0 Å². The predicted octanol–water partition coefficient (Wildman–Crippen LogP) is 3.71. The van der Waals surface area contributed by atoms with Gasteiger partial charge in [0.05, 0.1) is 11.9 Å². The summed E-state index contributed by atoms with van der Waals surface area (Å²) in [5.41, 5.74) is 4.27. The first kappa shape index (κ1) is 21.8. The molecule has 2 aliphatic heterocycles. The molecule has 172 valence electrons. The average molecular weight is 466 g/mol. The highest BCUT2D eigenvalue weighted by molar-refractivity contribution is 6.01. The smallest absolute Gasteiger partial charge is 0.228 e. The van der Waals surface area contributed by atoms with Gasteiger partial charge >= 0.3 is 0 Å². The van der Waals surface area contributed by atoms with Gasteiger partial charge in [0.15, 0.2) is 0 Å². The Morgan fingerprint density at radius 3 is 2.58 bits per heavy atom. The highest BCUT2D eigenvalue weighted by Crippen LogP contribution is 2.41. The van der Waals surface area contributed by atoms with Crippen LogP contribution in [0.15, 0.2) is 36.7 Å². The van der Waals surface area contributed by atoms with E-state index in [2.05, 4.69) is 55.7 Å². The largest absolute Gasteiger partial charge is 0.369 e. The number of hydrogen-bond acceptors (Lipinski definition) is 8. The van der Waals surface area contributed by atoms with Crippen molar-refractivity contribution in [3.63, 3.8) is 0 Å². The number of piperidine rings is 1. The zero-order valence-corrected chi connectivity index (χ0v) is 19.6. The number of anilines is 3. The van der Waals surface area contributed by atoms with Gasteiger partial charge in [0, 0.05) is 36.1 Å². The summed E-state index contributed by atoms with van der Waals surface area (Å²) in [7, 11) is 0. The van der Waals surface area contributed by atoms with Gasteiger partial charge in [0.25, 0.3) is 0 Å². The molecule has 0 radical (unpaired) electrons. The Hall–Kier alpha value is -3.04. The zero-order valence-electron chi connectivity index (χ0n) is 18.8. The summed E-state index contributed by atoms with van der Waals surface area (Å²) in [6.45, 7) is 8.71. The number of nitrogens with one attached hydrogen (secondary N) is 2. The third kappa shape index (κ3) is 3.85. The van der Waals surface area contributed by atoms with E-state index in [0.717, 1.165) is 53.9 Å². The van der Waals surface area contributed by atoms with Crippen molar-refractivity contribution >= 4 is 51.8 Å². The Kier molecular flexibility index (Phi) is 5.54. The van der Waals surface area contributed by atoms with Crippen molar-refractivity contribution in [2.75, 3.05) is 36.4 Å². The van der Waals surface area contributed by atoms with Crippen molar-refractivity contribution in [3.8, 4) is 0 Å². The molecule has 3 aromatic heterocycles. The van der Waals surface area contributed by atoms with Crippen molar-refractivity contribution in [2.45, 2.75) is 32.7 Å². The molecule has 33 heavy (non-hydrogen) atoms. The number of hydrogen-bond donors (Lipinski definition) is 2. The molecule has 2 N–H and O–H groups in total. The normalized spacial score (nSPS) is 17.4. The maximum absolute atomic E-state index is 4.78. The number of aromatic nitrogens is 6. The molecule has 10 heteroatoms. The van der Waals surface area contributed by atoms with Gasteiger partial charge in [0.2, 0.25) is 5.95 Å². The van der Waals surface area contributed by atoms with E-state index in [1.54, 1.807) is 0 Å². The molecule has 1 spiro atoms. The summed E-state index contributed by atoms with van der Waals surface area (Å²) in [6, 6.07) is 8.26. The summed E-state index contributed by atoms with van der Waals surface area (Å²) < 4.78 is 1.91. The average Bonchev–Trinajstić information content (AvgIpc) is 3.24. The summed E-state index contributed by atoms with van der Waals surface area (Å²) in [5.74, 6) is 1.24. The molecule has 2 saturated heterocycles.